The topological polar surface area (TPSA) is 0 Å². The molecule has 0 radical (unpaired) electrons. The van der Waals surface area contributed by atoms with E-state index in [0.717, 1.165) is 0 Å². The average Bonchev–Trinajstić information content (AvgIpc) is 3.61. The zero-order chi connectivity index (χ0) is 23.9. The van der Waals surface area contributed by atoms with E-state index in [1.165, 1.54) is 83.7 Å². The third kappa shape index (κ3) is 6.78. The molecule has 4 heterocycles. The summed E-state index contributed by atoms with van der Waals surface area (Å²) in [7, 11) is 0. The summed E-state index contributed by atoms with van der Waals surface area (Å²) >= 11 is 4.91. The van der Waals surface area contributed by atoms with E-state index < -0.39 is 0 Å². The molecule has 4 aromatic heterocycles. The molecule has 182 valence electrons. The van der Waals surface area contributed by atoms with Gasteiger partial charge in [-0.15, -0.1) is 0 Å². The fourth-order valence-corrected chi connectivity index (χ4v) is 12.1. The first kappa shape index (κ1) is 26.5. The molecule has 0 amide bonds. The molecule has 0 nitrogen and oxygen atoms in total. The first-order chi connectivity index (χ1) is 16.6. The Labute approximate surface area is 227 Å². The van der Waals surface area contributed by atoms with Gasteiger partial charge in [-0.2, -0.15) is 0 Å². The van der Waals surface area contributed by atoms with E-state index in [4.69, 9.17) is 0 Å². The number of hydrogen-bond donors (Lipinski definition) is 0. The van der Waals surface area contributed by atoms with E-state index in [1.54, 1.807) is 28.9 Å². The summed E-state index contributed by atoms with van der Waals surface area (Å²) < 4.78 is 6.72. The van der Waals surface area contributed by atoms with E-state index in [1.807, 2.05) is 22.7 Å². The van der Waals surface area contributed by atoms with Crippen LogP contribution in [0.4, 0.5) is 0 Å². The molecule has 0 saturated carbocycles. The van der Waals surface area contributed by atoms with Crippen LogP contribution in [0, 0.1) is 13.8 Å². The molecule has 4 rings (SSSR count). The Morgan fingerprint density at radius 3 is 1.88 bits per heavy atom. The van der Waals surface area contributed by atoms with Crippen LogP contribution in [0.1, 0.15) is 85.7 Å². The Hall–Kier alpha value is -0.601. The molecule has 0 aliphatic rings. The third-order valence-electron chi connectivity index (χ3n) is 6.48. The van der Waals surface area contributed by atoms with Gasteiger partial charge in [0.2, 0.25) is 0 Å². The van der Waals surface area contributed by atoms with Gasteiger partial charge >= 0.3 is 228 Å². The summed E-state index contributed by atoms with van der Waals surface area (Å²) in [5, 5.41) is 0. The monoisotopic (exact) mass is 622 g/mol. The maximum atomic E-state index is 2.62. The number of thiophene rings is 2. The predicted octanol–water partition coefficient (Wildman–Crippen LogP) is 9.79. The average molecular weight is 621 g/mol. The van der Waals surface area contributed by atoms with Crippen LogP contribution in [0.2, 0.25) is 0 Å². The first-order valence-corrected chi connectivity index (χ1v) is 18.0. The maximum absolute atomic E-state index is 2.62. The molecule has 4 aromatic rings. The third-order valence-corrected chi connectivity index (χ3v) is 14.7. The van der Waals surface area contributed by atoms with Crippen molar-refractivity contribution in [1.29, 1.82) is 0 Å². The van der Waals surface area contributed by atoms with Gasteiger partial charge in [0.05, 0.1) is 0 Å². The Morgan fingerprint density at radius 2 is 1.21 bits per heavy atom. The molecule has 0 aliphatic carbocycles. The first-order valence-electron chi connectivity index (χ1n) is 13.0. The van der Waals surface area contributed by atoms with Gasteiger partial charge in [0.15, 0.2) is 0 Å². The van der Waals surface area contributed by atoms with Crippen LogP contribution in [0.25, 0.3) is 27.9 Å². The van der Waals surface area contributed by atoms with E-state index in [9.17, 15) is 0 Å². The van der Waals surface area contributed by atoms with Crippen LogP contribution < -0.4 is 0 Å². The van der Waals surface area contributed by atoms with Gasteiger partial charge in [-0.3, -0.25) is 0 Å². The minimum absolute atomic E-state index is 0.444. The predicted molar refractivity (Wildman–Crippen MR) is 158 cm³/mol. The summed E-state index contributed by atoms with van der Waals surface area (Å²) in [6.07, 6.45) is 13.4. The van der Waals surface area contributed by atoms with E-state index in [2.05, 4.69) is 64.1 Å². The van der Waals surface area contributed by atoms with Crippen LogP contribution in [0.5, 0.6) is 0 Å². The van der Waals surface area contributed by atoms with Crippen LogP contribution >= 0.6 is 22.7 Å². The van der Waals surface area contributed by atoms with Crippen LogP contribution in [-0.4, -0.2) is 29.0 Å². The standard InChI is InChI=1S/C30H38S2Se2/c1-5-7-9-11-13-23-19-28(33-22(23)4)29-20-24(14-12-10-8-6-2)30(34-29)27-18-17-26(32-27)25-16-15-21(3)31-25/h15-20H,5-14H2,1-4H3. The van der Waals surface area contributed by atoms with Crippen molar-refractivity contribution in [2.45, 2.75) is 91.9 Å². The number of unbranched alkanes of at least 4 members (excludes halogenated alkanes) is 6. The van der Waals surface area contributed by atoms with Crippen molar-refractivity contribution < 1.29 is 0 Å². The van der Waals surface area contributed by atoms with E-state index in [0.29, 0.717) is 29.0 Å². The van der Waals surface area contributed by atoms with Crippen LogP contribution in [0.15, 0.2) is 36.4 Å². The van der Waals surface area contributed by atoms with Gasteiger partial charge in [0, 0.05) is 0 Å². The van der Waals surface area contributed by atoms with Gasteiger partial charge in [-0.05, 0) is 0 Å². The van der Waals surface area contributed by atoms with Gasteiger partial charge in [-0.1, -0.05) is 0 Å². The summed E-state index contributed by atoms with van der Waals surface area (Å²) in [6, 6.07) is 14.5. The summed E-state index contributed by atoms with van der Waals surface area (Å²) in [6.45, 7) is 9.22. The fourth-order valence-electron chi connectivity index (χ4n) is 4.48. The molecular formula is C30H38S2Se2. The number of rotatable bonds is 13. The van der Waals surface area contributed by atoms with Crippen molar-refractivity contribution in [1.82, 2.24) is 0 Å². The summed E-state index contributed by atoms with van der Waals surface area (Å²) in [5.41, 5.74) is 3.31. The van der Waals surface area contributed by atoms with Crippen molar-refractivity contribution in [2.75, 3.05) is 0 Å². The SMILES string of the molecule is CCCCCCc1cc(-c2cc(CCCCCC)c(-c3ccc(-c4ccc(C)s4)s3)[se]2)[se]c1C. The Kier molecular flexibility index (Phi) is 10.2. The second-order valence-electron chi connectivity index (χ2n) is 9.35. The van der Waals surface area contributed by atoms with Gasteiger partial charge in [-0.25, -0.2) is 0 Å². The second-order valence-corrected chi connectivity index (χ2v) is 16.6. The number of hydrogen-bond acceptors (Lipinski definition) is 2. The molecule has 4 heteroatoms. The summed E-state index contributed by atoms with van der Waals surface area (Å²) in [5.74, 6) is 0. The van der Waals surface area contributed by atoms with Gasteiger partial charge in [0.25, 0.3) is 0 Å². The van der Waals surface area contributed by atoms with Gasteiger partial charge in [0.1, 0.15) is 0 Å². The van der Waals surface area contributed by atoms with Crippen molar-refractivity contribution in [3.63, 3.8) is 0 Å². The molecule has 0 atom stereocenters. The second kappa shape index (κ2) is 13.1. The quantitative estimate of drug-likeness (QED) is 0.103. The zero-order valence-electron chi connectivity index (χ0n) is 21.2. The van der Waals surface area contributed by atoms with Crippen molar-refractivity contribution in [2.24, 2.45) is 0 Å². The van der Waals surface area contributed by atoms with E-state index >= 15 is 0 Å². The molecule has 0 N–H and O–H groups in total. The molecule has 34 heavy (non-hydrogen) atoms. The van der Waals surface area contributed by atoms with Crippen LogP contribution in [-0.2, 0) is 12.8 Å². The van der Waals surface area contributed by atoms with Crippen molar-refractivity contribution >= 4 is 51.7 Å². The minimum atomic E-state index is 0.444. The molecule has 0 saturated heterocycles. The molecule has 0 aromatic carbocycles. The molecule has 0 fully saturated rings. The number of aryl methyl sites for hydroxylation is 4. The van der Waals surface area contributed by atoms with E-state index in [-0.39, 0.29) is 0 Å². The van der Waals surface area contributed by atoms with Crippen molar-refractivity contribution in [3.05, 3.63) is 56.8 Å². The molecule has 0 spiro atoms. The summed E-state index contributed by atoms with van der Waals surface area (Å²) in [4.78, 5) is 5.78. The van der Waals surface area contributed by atoms with Crippen molar-refractivity contribution in [3.8, 4) is 27.9 Å². The van der Waals surface area contributed by atoms with Gasteiger partial charge < -0.3 is 0 Å². The van der Waals surface area contributed by atoms with Crippen LogP contribution in [0.3, 0.4) is 0 Å². The zero-order valence-corrected chi connectivity index (χ0v) is 26.2. The normalized spacial score (nSPS) is 11.5. The molecular weight excluding hydrogens is 582 g/mol. The molecule has 0 bridgehead atoms. The fraction of sp³-hybridized carbons (Fsp3) is 0.467. The Bertz CT molecular complexity index is 1170. The Morgan fingerprint density at radius 1 is 0.618 bits per heavy atom. The molecule has 0 aliphatic heterocycles. The molecule has 0 unspecified atom stereocenters. The Balaban J connectivity index is 1.59.